The van der Waals surface area contributed by atoms with Gasteiger partial charge < -0.3 is 20.5 Å². The van der Waals surface area contributed by atoms with Gasteiger partial charge in [-0.05, 0) is 37.1 Å². The molecule has 0 spiro atoms. The normalized spacial score (nSPS) is 15.4. The Bertz CT molecular complexity index is 562. The molecule has 0 radical (unpaired) electrons. The number of piperidine rings is 1. The van der Waals surface area contributed by atoms with Crippen molar-refractivity contribution in [2.45, 2.75) is 12.8 Å². The van der Waals surface area contributed by atoms with E-state index >= 15 is 0 Å². The molecule has 0 aliphatic carbocycles. The van der Waals surface area contributed by atoms with Crippen molar-refractivity contribution in [3.8, 4) is 5.75 Å². The number of likely N-dealkylation sites (tertiary alicyclic amines) is 1. The van der Waals surface area contributed by atoms with E-state index in [9.17, 15) is 14.4 Å². The minimum Gasteiger partial charge on any atom is -0.508 e. The zero-order valence-electron chi connectivity index (χ0n) is 12.0. The lowest BCUT2D eigenvalue weighted by atomic mass is 9.96. The van der Waals surface area contributed by atoms with Gasteiger partial charge in [0.1, 0.15) is 5.75 Å². The maximum absolute atomic E-state index is 12.0. The molecule has 3 N–H and O–H groups in total. The first-order valence-corrected chi connectivity index (χ1v) is 7.00. The Morgan fingerprint density at radius 2 is 1.77 bits per heavy atom. The molecule has 0 atom stereocenters. The summed E-state index contributed by atoms with van der Waals surface area (Å²) >= 11 is 0. The third-order valence-electron chi connectivity index (χ3n) is 3.68. The van der Waals surface area contributed by atoms with Gasteiger partial charge in [-0.2, -0.15) is 0 Å². The summed E-state index contributed by atoms with van der Waals surface area (Å²) in [6, 6.07) is 5.57. The van der Waals surface area contributed by atoms with Gasteiger partial charge in [0.2, 0.25) is 5.91 Å². The van der Waals surface area contributed by atoms with Crippen molar-refractivity contribution in [3.05, 3.63) is 29.8 Å². The number of carbonyl (C=O) groups excluding carboxylic acids is 3. The molecule has 1 aromatic rings. The van der Waals surface area contributed by atoms with Crippen LogP contribution in [0.2, 0.25) is 0 Å². The van der Waals surface area contributed by atoms with E-state index in [1.165, 1.54) is 24.3 Å². The smallest absolute Gasteiger partial charge is 0.338 e. The lowest BCUT2D eigenvalue weighted by Gasteiger charge is -2.30. The highest BCUT2D eigenvalue weighted by Gasteiger charge is 2.26. The molecule has 1 fully saturated rings. The second-order valence-electron chi connectivity index (χ2n) is 5.18. The summed E-state index contributed by atoms with van der Waals surface area (Å²) in [5.74, 6) is -1.41. The Morgan fingerprint density at radius 1 is 1.18 bits per heavy atom. The predicted octanol–water partition coefficient (Wildman–Crippen LogP) is 0.273. The van der Waals surface area contributed by atoms with Crippen LogP contribution < -0.4 is 5.73 Å². The number of phenolic OH excluding ortho intramolecular Hbond substituents is 1. The van der Waals surface area contributed by atoms with Crippen LogP contribution in [0, 0.1) is 5.92 Å². The molecule has 0 unspecified atom stereocenters. The van der Waals surface area contributed by atoms with Gasteiger partial charge in [0, 0.05) is 19.0 Å². The largest absolute Gasteiger partial charge is 0.508 e. The van der Waals surface area contributed by atoms with Gasteiger partial charge in [-0.25, -0.2) is 4.79 Å². The van der Waals surface area contributed by atoms with Crippen LogP contribution in [0.5, 0.6) is 5.75 Å². The third-order valence-corrected chi connectivity index (χ3v) is 3.68. The average molecular weight is 306 g/mol. The zero-order valence-corrected chi connectivity index (χ0v) is 12.0. The molecular weight excluding hydrogens is 288 g/mol. The molecule has 1 saturated heterocycles. The number of benzene rings is 1. The van der Waals surface area contributed by atoms with Gasteiger partial charge in [-0.3, -0.25) is 9.59 Å². The van der Waals surface area contributed by atoms with Crippen molar-refractivity contribution in [1.82, 2.24) is 4.90 Å². The van der Waals surface area contributed by atoms with E-state index in [0.29, 0.717) is 25.9 Å². The monoisotopic (exact) mass is 306 g/mol. The number of carbonyl (C=O) groups is 3. The number of aromatic hydroxyl groups is 1. The SMILES string of the molecule is NC(=O)C1CCN(C(=O)COC(=O)c2ccc(O)cc2)CC1. The summed E-state index contributed by atoms with van der Waals surface area (Å²) in [6.07, 6.45) is 1.07. The topological polar surface area (TPSA) is 110 Å². The molecule has 1 aromatic carbocycles. The van der Waals surface area contributed by atoms with Crippen LogP contribution in [-0.4, -0.2) is 47.5 Å². The van der Waals surface area contributed by atoms with Gasteiger partial charge in [0.05, 0.1) is 5.56 Å². The van der Waals surface area contributed by atoms with Crippen LogP contribution >= 0.6 is 0 Å². The zero-order chi connectivity index (χ0) is 16.1. The fourth-order valence-electron chi connectivity index (χ4n) is 2.31. The number of ether oxygens (including phenoxy) is 1. The molecule has 0 aromatic heterocycles. The molecule has 22 heavy (non-hydrogen) atoms. The second-order valence-corrected chi connectivity index (χ2v) is 5.18. The van der Waals surface area contributed by atoms with Gasteiger partial charge >= 0.3 is 5.97 Å². The van der Waals surface area contributed by atoms with Crippen molar-refractivity contribution >= 4 is 17.8 Å². The van der Waals surface area contributed by atoms with E-state index in [4.69, 9.17) is 15.6 Å². The summed E-state index contributed by atoms with van der Waals surface area (Å²) in [5, 5.41) is 9.14. The summed E-state index contributed by atoms with van der Waals surface area (Å²) < 4.78 is 4.95. The summed E-state index contributed by atoms with van der Waals surface area (Å²) in [7, 11) is 0. The highest BCUT2D eigenvalue weighted by atomic mass is 16.5. The molecule has 0 saturated carbocycles. The Balaban J connectivity index is 1.79. The van der Waals surface area contributed by atoms with Crippen LogP contribution in [0.15, 0.2) is 24.3 Å². The summed E-state index contributed by atoms with van der Waals surface area (Å²) in [6.45, 7) is 0.521. The fraction of sp³-hybridized carbons (Fsp3) is 0.400. The molecule has 2 rings (SSSR count). The van der Waals surface area contributed by atoms with Crippen LogP contribution in [0.4, 0.5) is 0 Å². The van der Waals surface area contributed by atoms with E-state index < -0.39 is 5.97 Å². The van der Waals surface area contributed by atoms with Gasteiger partial charge in [-0.15, -0.1) is 0 Å². The maximum atomic E-state index is 12.0. The Kier molecular flexibility index (Phi) is 4.98. The molecule has 1 heterocycles. The van der Waals surface area contributed by atoms with E-state index in [-0.39, 0.29) is 35.7 Å². The van der Waals surface area contributed by atoms with E-state index in [1.807, 2.05) is 0 Å². The number of hydrogen-bond acceptors (Lipinski definition) is 5. The first kappa shape index (κ1) is 15.8. The third kappa shape index (κ3) is 3.97. The van der Waals surface area contributed by atoms with Gasteiger partial charge in [0.15, 0.2) is 6.61 Å². The molecule has 1 aliphatic rings. The number of esters is 1. The number of nitrogens with zero attached hydrogens (tertiary/aromatic N) is 1. The van der Waals surface area contributed by atoms with Crippen molar-refractivity contribution < 1.29 is 24.2 Å². The molecule has 2 amide bonds. The van der Waals surface area contributed by atoms with Gasteiger partial charge in [-0.1, -0.05) is 0 Å². The molecule has 1 aliphatic heterocycles. The van der Waals surface area contributed by atoms with Crippen molar-refractivity contribution in [3.63, 3.8) is 0 Å². The number of nitrogens with two attached hydrogens (primary N) is 1. The Labute approximate surface area is 127 Å². The van der Waals surface area contributed by atoms with E-state index in [2.05, 4.69) is 0 Å². The quantitative estimate of drug-likeness (QED) is 0.776. The highest BCUT2D eigenvalue weighted by molar-refractivity contribution is 5.91. The van der Waals surface area contributed by atoms with Crippen LogP contribution in [0.1, 0.15) is 23.2 Å². The second kappa shape index (κ2) is 6.93. The number of primary amides is 1. The number of hydrogen-bond donors (Lipinski definition) is 2. The first-order chi connectivity index (χ1) is 10.5. The summed E-state index contributed by atoms with van der Waals surface area (Å²) in [4.78, 5) is 36.3. The van der Waals surface area contributed by atoms with Crippen LogP contribution in [0.3, 0.4) is 0 Å². The van der Waals surface area contributed by atoms with E-state index in [1.54, 1.807) is 4.90 Å². The number of rotatable bonds is 4. The molecule has 0 bridgehead atoms. The Morgan fingerprint density at radius 3 is 2.32 bits per heavy atom. The lowest BCUT2D eigenvalue weighted by Crippen LogP contribution is -2.43. The number of amides is 2. The van der Waals surface area contributed by atoms with E-state index in [0.717, 1.165) is 0 Å². The minimum atomic E-state index is -0.625. The molecule has 7 heteroatoms. The standard InChI is InChI=1S/C15H18N2O5/c16-14(20)10-5-7-17(8-6-10)13(19)9-22-15(21)11-1-3-12(18)4-2-11/h1-4,10,18H,5-9H2,(H2,16,20). The maximum Gasteiger partial charge on any atom is 0.338 e. The first-order valence-electron chi connectivity index (χ1n) is 7.00. The lowest BCUT2D eigenvalue weighted by molar-refractivity contribution is -0.137. The van der Waals surface area contributed by atoms with Crippen molar-refractivity contribution in [2.24, 2.45) is 11.7 Å². The summed E-state index contributed by atoms with van der Waals surface area (Å²) in [5.41, 5.74) is 5.49. The molecule has 118 valence electrons. The molecule has 7 nitrogen and oxygen atoms in total. The van der Waals surface area contributed by atoms with Crippen molar-refractivity contribution in [2.75, 3.05) is 19.7 Å². The molecular formula is C15H18N2O5. The van der Waals surface area contributed by atoms with Gasteiger partial charge in [0.25, 0.3) is 5.91 Å². The average Bonchev–Trinajstić information content (AvgIpc) is 2.53. The predicted molar refractivity (Wildman–Crippen MR) is 76.9 cm³/mol. The van der Waals surface area contributed by atoms with Crippen LogP contribution in [-0.2, 0) is 14.3 Å². The fourth-order valence-corrected chi connectivity index (χ4v) is 2.31. The highest BCUT2D eigenvalue weighted by Crippen LogP contribution is 2.17. The van der Waals surface area contributed by atoms with Crippen LogP contribution in [0.25, 0.3) is 0 Å². The Hall–Kier alpha value is -2.57. The number of phenols is 1. The van der Waals surface area contributed by atoms with Crippen molar-refractivity contribution in [1.29, 1.82) is 0 Å². The minimum absolute atomic E-state index is 0.0462.